The second-order valence-electron chi connectivity index (χ2n) is 3.96. The summed E-state index contributed by atoms with van der Waals surface area (Å²) in [6.45, 7) is 0.108. The molecule has 0 bridgehead atoms. The number of nitrogens with one attached hydrogen (secondary N) is 1. The average Bonchev–Trinajstić information content (AvgIpc) is 2.97. The number of ether oxygens (including phenoxy) is 1. The Morgan fingerprint density at radius 1 is 1.48 bits per heavy atom. The lowest BCUT2D eigenvalue weighted by Gasteiger charge is -2.10. The summed E-state index contributed by atoms with van der Waals surface area (Å²) >= 11 is 1.33. The van der Waals surface area contributed by atoms with Gasteiger partial charge in [-0.05, 0) is 18.2 Å². The van der Waals surface area contributed by atoms with Crippen LogP contribution in [0.5, 0.6) is 5.75 Å². The molecule has 0 radical (unpaired) electrons. The van der Waals surface area contributed by atoms with Gasteiger partial charge in [-0.3, -0.25) is 4.98 Å². The Hall–Kier alpha value is -1.97. The molecule has 1 heterocycles. The van der Waals surface area contributed by atoms with Gasteiger partial charge in [-0.25, -0.2) is 17.9 Å². The van der Waals surface area contributed by atoms with Crippen molar-refractivity contribution in [3.05, 3.63) is 40.3 Å². The highest BCUT2D eigenvalue weighted by Gasteiger charge is 2.21. The molecular weight excluding hydrogens is 316 g/mol. The summed E-state index contributed by atoms with van der Waals surface area (Å²) in [6.07, 6.45) is 1.57. The number of sulfonamides is 1. The fraction of sp³-hybridized carbons (Fsp3) is 0.167. The molecule has 0 aliphatic carbocycles. The number of hydrogen-bond acceptors (Lipinski definition) is 6. The summed E-state index contributed by atoms with van der Waals surface area (Å²) in [4.78, 5) is 15.4. The first-order valence-corrected chi connectivity index (χ1v) is 8.08. The van der Waals surface area contributed by atoms with Gasteiger partial charge in [0, 0.05) is 17.6 Å². The van der Waals surface area contributed by atoms with Crippen LogP contribution in [-0.4, -0.2) is 31.6 Å². The van der Waals surface area contributed by atoms with E-state index < -0.39 is 16.0 Å². The Morgan fingerprint density at radius 3 is 2.81 bits per heavy atom. The van der Waals surface area contributed by atoms with E-state index in [2.05, 4.69) is 9.71 Å². The monoisotopic (exact) mass is 328 g/mol. The number of carboxylic acid groups (broad SMARTS) is 1. The fourth-order valence-corrected chi connectivity index (χ4v) is 3.38. The lowest BCUT2D eigenvalue weighted by molar-refractivity contribution is 0.0696. The zero-order valence-electron chi connectivity index (χ0n) is 10.9. The Balaban J connectivity index is 2.28. The van der Waals surface area contributed by atoms with E-state index in [-0.39, 0.29) is 22.8 Å². The topological polar surface area (TPSA) is 106 Å². The third kappa shape index (κ3) is 3.57. The van der Waals surface area contributed by atoms with Gasteiger partial charge in [0.1, 0.15) is 10.6 Å². The lowest BCUT2D eigenvalue weighted by atomic mass is 10.2. The molecule has 1 aromatic heterocycles. The van der Waals surface area contributed by atoms with Crippen LogP contribution in [0, 0.1) is 0 Å². The second-order valence-corrected chi connectivity index (χ2v) is 6.67. The number of thiazole rings is 1. The van der Waals surface area contributed by atoms with E-state index in [1.165, 1.54) is 36.6 Å². The molecule has 21 heavy (non-hydrogen) atoms. The molecule has 0 atom stereocenters. The molecule has 0 aliphatic rings. The number of benzene rings is 1. The van der Waals surface area contributed by atoms with Crippen molar-refractivity contribution in [2.24, 2.45) is 0 Å². The summed E-state index contributed by atoms with van der Waals surface area (Å²) < 4.78 is 31.9. The van der Waals surface area contributed by atoms with Gasteiger partial charge < -0.3 is 9.84 Å². The van der Waals surface area contributed by atoms with Gasteiger partial charge in [0.2, 0.25) is 10.0 Å². The van der Waals surface area contributed by atoms with Gasteiger partial charge in [-0.15, -0.1) is 11.3 Å². The third-order valence-electron chi connectivity index (χ3n) is 2.62. The van der Waals surface area contributed by atoms with Crippen molar-refractivity contribution < 1.29 is 23.1 Å². The van der Waals surface area contributed by atoms with E-state index in [4.69, 9.17) is 9.84 Å². The maximum atomic E-state index is 12.2. The molecule has 0 saturated heterocycles. The van der Waals surface area contributed by atoms with E-state index in [1.54, 1.807) is 11.7 Å². The fourth-order valence-electron chi connectivity index (χ4n) is 1.60. The highest BCUT2D eigenvalue weighted by Crippen LogP contribution is 2.25. The van der Waals surface area contributed by atoms with Crippen LogP contribution in [0.15, 0.2) is 34.8 Å². The van der Waals surface area contributed by atoms with Crippen LogP contribution in [-0.2, 0) is 16.6 Å². The molecule has 0 fully saturated rings. The minimum atomic E-state index is -3.81. The molecule has 2 N–H and O–H groups in total. The Morgan fingerprint density at radius 2 is 2.24 bits per heavy atom. The van der Waals surface area contributed by atoms with Crippen LogP contribution in [0.3, 0.4) is 0 Å². The standard InChI is InChI=1S/C12H12N2O5S2/c1-19-10-4-8(12(15)16)2-3-11(10)21(17,18)14-6-9-5-13-7-20-9/h2-5,7,14H,6H2,1H3,(H,15,16). The molecule has 0 spiro atoms. The Kier molecular flexibility index (Phi) is 4.56. The van der Waals surface area contributed by atoms with Crippen LogP contribution in [0.4, 0.5) is 0 Å². The molecule has 9 heteroatoms. The zero-order valence-corrected chi connectivity index (χ0v) is 12.6. The van der Waals surface area contributed by atoms with Gasteiger partial charge in [0.05, 0.1) is 18.2 Å². The number of hydrogen-bond donors (Lipinski definition) is 2. The van der Waals surface area contributed by atoms with Crippen molar-refractivity contribution in [2.75, 3.05) is 7.11 Å². The van der Waals surface area contributed by atoms with Crippen LogP contribution in [0.1, 0.15) is 15.2 Å². The van der Waals surface area contributed by atoms with Crippen molar-refractivity contribution in [3.8, 4) is 5.75 Å². The SMILES string of the molecule is COc1cc(C(=O)O)ccc1S(=O)(=O)NCc1cncs1. The summed E-state index contributed by atoms with van der Waals surface area (Å²) in [5.41, 5.74) is 1.56. The second kappa shape index (κ2) is 6.20. The van der Waals surface area contributed by atoms with E-state index in [9.17, 15) is 13.2 Å². The molecule has 7 nitrogen and oxygen atoms in total. The van der Waals surface area contributed by atoms with Gasteiger partial charge in [0.25, 0.3) is 0 Å². The maximum absolute atomic E-state index is 12.2. The lowest BCUT2D eigenvalue weighted by Crippen LogP contribution is -2.23. The smallest absolute Gasteiger partial charge is 0.335 e. The zero-order chi connectivity index (χ0) is 15.5. The summed E-state index contributed by atoms with van der Waals surface area (Å²) in [7, 11) is -2.53. The summed E-state index contributed by atoms with van der Waals surface area (Å²) in [5, 5.41) is 8.90. The first-order chi connectivity index (χ1) is 9.94. The predicted molar refractivity (Wildman–Crippen MR) is 76.1 cm³/mol. The molecule has 0 saturated carbocycles. The van der Waals surface area contributed by atoms with E-state index >= 15 is 0 Å². The van der Waals surface area contributed by atoms with E-state index in [1.807, 2.05) is 0 Å². The van der Waals surface area contributed by atoms with Crippen LogP contribution < -0.4 is 9.46 Å². The van der Waals surface area contributed by atoms with Gasteiger partial charge in [0.15, 0.2) is 0 Å². The Bertz CT molecular complexity index is 741. The van der Waals surface area contributed by atoms with E-state index in [0.29, 0.717) is 0 Å². The quantitative estimate of drug-likeness (QED) is 0.828. The summed E-state index contributed by atoms with van der Waals surface area (Å²) in [6, 6.07) is 3.59. The molecule has 2 aromatic rings. The maximum Gasteiger partial charge on any atom is 0.335 e. The normalized spacial score (nSPS) is 11.3. The van der Waals surface area contributed by atoms with Crippen LogP contribution >= 0.6 is 11.3 Å². The number of aromatic nitrogens is 1. The molecular formula is C12H12N2O5S2. The number of nitrogens with zero attached hydrogens (tertiary/aromatic N) is 1. The molecule has 1 aromatic carbocycles. The predicted octanol–water partition coefficient (Wildman–Crippen LogP) is 1.33. The number of carboxylic acids is 1. The average molecular weight is 328 g/mol. The van der Waals surface area contributed by atoms with Crippen molar-refractivity contribution in [1.29, 1.82) is 0 Å². The van der Waals surface area contributed by atoms with Gasteiger partial charge in [-0.1, -0.05) is 0 Å². The van der Waals surface area contributed by atoms with E-state index in [0.717, 1.165) is 4.88 Å². The molecule has 112 valence electrons. The van der Waals surface area contributed by atoms with Gasteiger partial charge in [-0.2, -0.15) is 0 Å². The highest BCUT2D eigenvalue weighted by molar-refractivity contribution is 7.89. The number of rotatable bonds is 6. The van der Waals surface area contributed by atoms with Crippen molar-refractivity contribution in [3.63, 3.8) is 0 Å². The number of aromatic carboxylic acids is 1. The van der Waals surface area contributed by atoms with Crippen LogP contribution in [0.2, 0.25) is 0 Å². The van der Waals surface area contributed by atoms with Crippen molar-refractivity contribution in [1.82, 2.24) is 9.71 Å². The minimum absolute atomic E-state index is 0.0216. The first-order valence-electron chi connectivity index (χ1n) is 5.72. The Labute approximate surface area is 125 Å². The largest absolute Gasteiger partial charge is 0.495 e. The molecule has 2 rings (SSSR count). The molecule has 0 unspecified atom stereocenters. The highest BCUT2D eigenvalue weighted by atomic mass is 32.2. The first kappa shape index (κ1) is 15.4. The molecule has 0 amide bonds. The van der Waals surface area contributed by atoms with Crippen LogP contribution in [0.25, 0.3) is 0 Å². The number of carbonyl (C=O) groups is 1. The molecule has 0 aliphatic heterocycles. The number of methoxy groups -OCH3 is 1. The third-order valence-corrected chi connectivity index (χ3v) is 4.84. The van der Waals surface area contributed by atoms with Crippen molar-refractivity contribution >= 4 is 27.3 Å². The van der Waals surface area contributed by atoms with Gasteiger partial charge >= 0.3 is 5.97 Å². The van der Waals surface area contributed by atoms with Crippen molar-refractivity contribution in [2.45, 2.75) is 11.4 Å². The summed E-state index contributed by atoms with van der Waals surface area (Å²) in [5.74, 6) is -1.18. The minimum Gasteiger partial charge on any atom is -0.495 e.